The smallest absolute Gasteiger partial charge is 0.256 e. The Balaban J connectivity index is 2.14. The van der Waals surface area contributed by atoms with E-state index in [0.29, 0.717) is 17.3 Å². The number of amides is 1. The van der Waals surface area contributed by atoms with Crippen LogP contribution in [-0.4, -0.2) is 15.7 Å². The lowest BCUT2D eigenvalue weighted by Gasteiger charge is -2.05. The molecule has 0 spiro atoms. The summed E-state index contributed by atoms with van der Waals surface area (Å²) >= 11 is 5.70. The predicted molar refractivity (Wildman–Crippen MR) is 71.9 cm³/mol. The maximum Gasteiger partial charge on any atom is 0.256 e. The Kier molecular flexibility index (Phi) is 3.67. The molecule has 0 aliphatic rings. The molecule has 5 heteroatoms. The monoisotopic (exact) mass is 263 g/mol. The molecule has 4 nitrogen and oxygen atoms in total. The van der Waals surface area contributed by atoms with Gasteiger partial charge >= 0.3 is 0 Å². The van der Waals surface area contributed by atoms with Gasteiger partial charge in [-0.25, -0.2) is 0 Å². The van der Waals surface area contributed by atoms with Crippen LogP contribution in [-0.2, 0) is 12.9 Å². The van der Waals surface area contributed by atoms with Gasteiger partial charge in [0.1, 0.15) is 5.82 Å². The number of nitrogens with zero attached hydrogens (tertiary/aromatic N) is 2. The van der Waals surface area contributed by atoms with Crippen molar-refractivity contribution in [3.05, 3.63) is 47.2 Å². The van der Waals surface area contributed by atoms with E-state index in [0.717, 1.165) is 11.3 Å². The molecule has 18 heavy (non-hydrogen) atoms. The summed E-state index contributed by atoms with van der Waals surface area (Å²) < 4.78 is 1.64. The summed E-state index contributed by atoms with van der Waals surface area (Å²) in [4.78, 5) is 12.0. The van der Waals surface area contributed by atoms with Gasteiger partial charge in [0.15, 0.2) is 0 Å². The van der Waals surface area contributed by atoms with Crippen LogP contribution in [0.3, 0.4) is 0 Å². The highest BCUT2D eigenvalue weighted by Crippen LogP contribution is 2.12. The number of rotatable bonds is 3. The number of benzene rings is 1. The van der Waals surface area contributed by atoms with Gasteiger partial charge in [-0.1, -0.05) is 12.1 Å². The second-order valence-corrected chi connectivity index (χ2v) is 4.35. The third-order valence-corrected chi connectivity index (χ3v) is 2.92. The summed E-state index contributed by atoms with van der Waals surface area (Å²) in [5.74, 6) is 0.973. The van der Waals surface area contributed by atoms with E-state index in [1.165, 1.54) is 0 Å². The van der Waals surface area contributed by atoms with Gasteiger partial charge in [0.2, 0.25) is 0 Å². The first-order valence-corrected chi connectivity index (χ1v) is 6.10. The third kappa shape index (κ3) is 2.71. The first-order chi connectivity index (χ1) is 8.60. The lowest BCUT2D eigenvalue weighted by Crippen LogP contribution is -2.14. The Bertz CT molecular complexity index is 560. The zero-order valence-corrected chi connectivity index (χ0v) is 11.0. The quantitative estimate of drug-likeness (QED) is 0.866. The molecule has 2 rings (SSSR count). The molecule has 1 N–H and O–H groups in total. The third-order valence-electron chi connectivity index (χ3n) is 2.61. The molecule has 0 unspecified atom stereocenters. The van der Waals surface area contributed by atoms with Gasteiger partial charge in [-0.3, -0.25) is 9.48 Å². The van der Waals surface area contributed by atoms with Crippen LogP contribution < -0.4 is 5.32 Å². The number of nitrogens with one attached hydrogen (secondary N) is 1. The highest BCUT2D eigenvalue weighted by molar-refractivity contribution is 6.17. The Morgan fingerprint density at radius 1 is 1.39 bits per heavy atom. The summed E-state index contributed by atoms with van der Waals surface area (Å²) in [5, 5.41) is 6.98. The van der Waals surface area contributed by atoms with E-state index < -0.39 is 0 Å². The fourth-order valence-corrected chi connectivity index (χ4v) is 1.84. The van der Waals surface area contributed by atoms with Crippen molar-refractivity contribution in [1.82, 2.24) is 9.78 Å². The predicted octanol–water partition coefficient (Wildman–Crippen LogP) is 2.72. The number of carbonyl (C=O) groups excluding carboxylic acids is 1. The van der Waals surface area contributed by atoms with Gasteiger partial charge in [0.05, 0.1) is 5.69 Å². The molecule has 0 aliphatic carbocycles. The molecule has 1 aromatic heterocycles. The largest absolute Gasteiger partial charge is 0.307 e. The summed E-state index contributed by atoms with van der Waals surface area (Å²) in [6.45, 7) is 1.88. The molecule has 0 bridgehead atoms. The average Bonchev–Trinajstić information content (AvgIpc) is 2.68. The molecule has 94 valence electrons. The molecule has 1 aromatic carbocycles. The van der Waals surface area contributed by atoms with Crippen molar-refractivity contribution in [2.24, 2.45) is 7.05 Å². The summed E-state index contributed by atoms with van der Waals surface area (Å²) in [7, 11) is 1.79. The second-order valence-electron chi connectivity index (χ2n) is 4.08. The van der Waals surface area contributed by atoms with Crippen molar-refractivity contribution in [3.63, 3.8) is 0 Å². The fraction of sp³-hybridized carbons (Fsp3) is 0.231. The van der Waals surface area contributed by atoms with E-state index in [4.69, 9.17) is 11.6 Å². The van der Waals surface area contributed by atoms with E-state index in [1.54, 1.807) is 23.9 Å². The van der Waals surface area contributed by atoms with Crippen LogP contribution in [0, 0.1) is 6.92 Å². The zero-order chi connectivity index (χ0) is 13.1. The molecule has 0 atom stereocenters. The second kappa shape index (κ2) is 5.23. The van der Waals surface area contributed by atoms with Crippen LogP contribution in [0.1, 0.15) is 21.6 Å². The lowest BCUT2D eigenvalue weighted by atomic mass is 10.1. The number of hydrogen-bond acceptors (Lipinski definition) is 2. The Labute approximate surface area is 111 Å². The maximum absolute atomic E-state index is 12.0. The van der Waals surface area contributed by atoms with Crippen LogP contribution in [0.2, 0.25) is 0 Å². The molecular weight excluding hydrogens is 250 g/mol. The average molecular weight is 264 g/mol. The van der Waals surface area contributed by atoms with Crippen molar-refractivity contribution in [2.75, 3.05) is 5.32 Å². The Morgan fingerprint density at radius 2 is 2.06 bits per heavy atom. The van der Waals surface area contributed by atoms with Crippen molar-refractivity contribution in [1.29, 1.82) is 0 Å². The van der Waals surface area contributed by atoms with E-state index in [1.807, 2.05) is 25.1 Å². The van der Waals surface area contributed by atoms with E-state index in [-0.39, 0.29) is 5.91 Å². The number of anilines is 1. The van der Waals surface area contributed by atoms with Crippen molar-refractivity contribution >= 4 is 23.3 Å². The van der Waals surface area contributed by atoms with Crippen LogP contribution >= 0.6 is 11.6 Å². The molecule has 0 radical (unpaired) electrons. The molecule has 0 saturated heterocycles. The van der Waals surface area contributed by atoms with E-state index in [9.17, 15) is 4.79 Å². The number of aryl methyl sites for hydroxylation is 2. The topological polar surface area (TPSA) is 46.9 Å². The normalized spacial score (nSPS) is 10.4. The SMILES string of the molecule is Cc1cc(NC(=O)c2ccc(CCl)cc2)n(C)n1. The van der Waals surface area contributed by atoms with Gasteiger partial charge in [0.25, 0.3) is 5.91 Å². The van der Waals surface area contributed by atoms with Gasteiger partial charge in [0, 0.05) is 24.6 Å². The van der Waals surface area contributed by atoms with Crippen molar-refractivity contribution < 1.29 is 4.79 Å². The minimum atomic E-state index is -0.154. The van der Waals surface area contributed by atoms with E-state index in [2.05, 4.69) is 10.4 Å². The zero-order valence-electron chi connectivity index (χ0n) is 10.3. The highest BCUT2D eigenvalue weighted by Gasteiger charge is 2.09. The number of alkyl halides is 1. The molecule has 1 heterocycles. The standard InChI is InChI=1S/C13H14ClN3O/c1-9-7-12(17(2)16-9)15-13(18)11-5-3-10(8-14)4-6-11/h3-7H,8H2,1-2H3,(H,15,18). The number of aromatic nitrogens is 2. The van der Waals surface area contributed by atoms with Gasteiger partial charge in [-0.15, -0.1) is 11.6 Å². The van der Waals surface area contributed by atoms with Gasteiger partial charge in [-0.05, 0) is 24.6 Å². The first-order valence-electron chi connectivity index (χ1n) is 5.57. The number of hydrogen-bond donors (Lipinski definition) is 1. The van der Waals surface area contributed by atoms with Crippen LogP contribution in [0.15, 0.2) is 30.3 Å². The van der Waals surface area contributed by atoms with Crippen molar-refractivity contribution in [3.8, 4) is 0 Å². The summed E-state index contributed by atoms with van der Waals surface area (Å²) in [5.41, 5.74) is 2.46. The van der Waals surface area contributed by atoms with Crippen LogP contribution in [0.4, 0.5) is 5.82 Å². The molecule has 2 aromatic rings. The summed E-state index contributed by atoms with van der Waals surface area (Å²) in [6, 6.07) is 9.03. The molecule has 0 aliphatic heterocycles. The molecular formula is C13H14ClN3O. The van der Waals surface area contributed by atoms with Crippen molar-refractivity contribution in [2.45, 2.75) is 12.8 Å². The number of carbonyl (C=O) groups is 1. The van der Waals surface area contributed by atoms with Crippen LogP contribution in [0.5, 0.6) is 0 Å². The summed E-state index contributed by atoms with van der Waals surface area (Å²) in [6.07, 6.45) is 0. The fourth-order valence-electron chi connectivity index (χ4n) is 1.66. The van der Waals surface area contributed by atoms with Gasteiger partial charge in [-0.2, -0.15) is 5.10 Å². The Morgan fingerprint density at radius 3 is 2.56 bits per heavy atom. The highest BCUT2D eigenvalue weighted by atomic mass is 35.5. The molecule has 1 amide bonds. The number of halogens is 1. The Hall–Kier alpha value is -1.81. The lowest BCUT2D eigenvalue weighted by molar-refractivity contribution is 0.102. The van der Waals surface area contributed by atoms with Gasteiger partial charge < -0.3 is 5.32 Å². The van der Waals surface area contributed by atoms with Crippen LogP contribution in [0.25, 0.3) is 0 Å². The minimum Gasteiger partial charge on any atom is -0.307 e. The maximum atomic E-state index is 12.0. The minimum absolute atomic E-state index is 0.154. The first kappa shape index (κ1) is 12.6. The van der Waals surface area contributed by atoms with E-state index >= 15 is 0 Å². The molecule has 0 fully saturated rings. The molecule has 0 saturated carbocycles.